The van der Waals surface area contributed by atoms with E-state index >= 15 is 0 Å². The molecule has 4 aliphatic rings. The molecule has 0 radical (unpaired) electrons. The molecule has 11 rings (SSSR count). The fourth-order valence-electron chi connectivity index (χ4n) is 9.94. The number of rotatable bonds is 5. The van der Waals surface area contributed by atoms with Crippen LogP contribution < -0.4 is 0 Å². The van der Waals surface area contributed by atoms with E-state index < -0.39 is 0 Å². The topological polar surface area (TPSA) is 0 Å². The Morgan fingerprint density at radius 1 is 0.472 bits per heavy atom. The van der Waals surface area contributed by atoms with Crippen molar-refractivity contribution in [3.8, 4) is 33.4 Å². The molecule has 0 saturated heterocycles. The van der Waals surface area contributed by atoms with Crippen molar-refractivity contribution in [1.29, 1.82) is 0 Å². The molecule has 250 valence electrons. The summed E-state index contributed by atoms with van der Waals surface area (Å²) in [5.41, 5.74) is 14.6. The molecule has 4 unspecified atom stereocenters. The van der Waals surface area contributed by atoms with Crippen molar-refractivity contribution in [2.24, 2.45) is 17.3 Å². The first-order chi connectivity index (χ1) is 26.3. The molecule has 4 aliphatic carbocycles. The molecular formula is C53H38. The van der Waals surface area contributed by atoms with Crippen LogP contribution in [0.4, 0.5) is 0 Å². The Kier molecular flexibility index (Phi) is 6.83. The molecule has 1 spiro atoms. The van der Waals surface area contributed by atoms with E-state index in [1.165, 1.54) is 82.8 Å². The van der Waals surface area contributed by atoms with Crippen molar-refractivity contribution in [1.82, 2.24) is 0 Å². The van der Waals surface area contributed by atoms with E-state index in [0.717, 1.165) is 6.42 Å². The number of benzene rings is 7. The highest BCUT2D eigenvalue weighted by atomic mass is 14.7. The predicted octanol–water partition coefficient (Wildman–Crippen LogP) is 13.9. The van der Waals surface area contributed by atoms with Crippen molar-refractivity contribution >= 4 is 33.2 Å². The normalized spacial score (nSPS) is 22.0. The molecule has 0 heteroatoms. The fourth-order valence-corrected chi connectivity index (χ4v) is 9.94. The number of fused-ring (bicyclic) bond motifs is 4. The molecule has 53 heavy (non-hydrogen) atoms. The summed E-state index contributed by atoms with van der Waals surface area (Å²) in [7, 11) is 0. The maximum Gasteiger partial charge on any atom is 0.0279 e. The van der Waals surface area contributed by atoms with Gasteiger partial charge in [0, 0.05) is 11.3 Å². The lowest BCUT2D eigenvalue weighted by atomic mass is 9.79. The Balaban J connectivity index is 1.12. The standard InChI is InChI=1S/C53H38/c1-2-13-35(14-3-1)39-17-10-18-41(33-39)52-45-21-7-6-20-44(45)51(46-31-30-40(34-47(46)52)43-22-11-16-36-15-4-5-19-42(36)43)38-28-26-37(27-29-38)48-24-12-25-50-49-23-8-9-32-53(48,49)50/h1-21,23-34,43,49-50H,22H2. The molecular weight excluding hydrogens is 637 g/mol. The zero-order valence-corrected chi connectivity index (χ0v) is 29.5. The van der Waals surface area contributed by atoms with Crippen LogP contribution in [0.15, 0.2) is 194 Å². The highest BCUT2D eigenvalue weighted by molar-refractivity contribution is 6.21. The monoisotopic (exact) mass is 674 g/mol. The Bertz CT molecular complexity index is 2740. The van der Waals surface area contributed by atoms with Crippen molar-refractivity contribution < 1.29 is 0 Å². The Hall–Kier alpha value is -6.24. The number of allylic oxidation sites excluding steroid dienone is 9. The lowest BCUT2D eigenvalue weighted by Crippen LogP contribution is -2.08. The van der Waals surface area contributed by atoms with Gasteiger partial charge in [-0.05, 0) is 113 Å². The minimum Gasteiger partial charge on any atom is -0.0830 e. The maximum atomic E-state index is 2.51. The molecule has 0 bridgehead atoms. The zero-order valence-electron chi connectivity index (χ0n) is 29.5. The van der Waals surface area contributed by atoms with E-state index in [9.17, 15) is 0 Å². The number of hydrogen-bond acceptors (Lipinski definition) is 0. The van der Waals surface area contributed by atoms with E-state index in [4.69, 9.17) is 0 Å². The third-order valence-electron chi connectivity index (χ3n) is 12.5. The van der Waals surface area contributed by atoms with Crippen LogP contribution in [-0.2, 0) is 0 Å². The molecule has 0 N–H and O–H groups in total. The molecule has 7 aromatic carbocycles. The van der Waals surface area contributed by atoms with Crippen LogP contribution in [0, 0.1) is 17.3 Å². The molecule has 4 atom stereocenters. The largest absolute Gasteiger partial charge is 0.0830 e. The van der Waals surface area contributed by atoms with Crippen LogP contribution in [0.2, 0.25) is 0 Å². The second-order valence-corrected chi connectivity index (χ2v) is 15.1. The first-order valence-electron chi connectivity index (χ1n) is 19.0. The van der Waals surface area contributed by atoms with Gasteiger partial charge in [-0.2, -0.15) is 0 Å². The van der Waals surface area contributed by atoms with Gasteiger partial charge in [0.05, 0.1) is 0 Å². The Morgan fingerprint density at radius 2 is 1.15 bits per heavy atom. The van der Waals surface area contributed by atoms with Gasteiger partial charge in [0.2, 0.25) is 0 Å². The van der Waals surface area contributed by atoms with Crippen molar-refractivity contribution in [3.05, 3.63) is 216 Å². The van der Waals surface area contributed by atoms with Crippen LogP contribution in [-0.4, -0.2) is 0 Å². The van der Waals surface area contributed by atoms with E-state index in [1.807, 2.05) is 0 Å². The first-order valence-corrected chi connectivity index (χ1v) is 19.0. The van der Waals surface area contributed by atoms with E-state index in [-0.39, 0.29) is 5.41 Å². The summed E-state index contributed by atoms with van der Waals surface area (Å²) in [5, 5.41) is 5.17. The van der Waals surface area contributed by atoms with Gasteiger partial charge in [0.1, 0.15) is 0 Å². The van der Waals surface area contributed by atoms with E-state index in [2.05, 4.69) is 200 Å². The van der Waals surface area contributed by atoms with Gasteiger partial charge in [0.15, 0.2) is 0 Å². The van der Waals surface area contributed by atoms with Crippen molar-refractivity contribution in [3.63, 3.8) is 0 Å². The summed E-state index contributed by atoms with van der Waals surface area (Å²) in [6.07, 6.45) is 21.9. The zero-order chi connectivity index (χ0) is 34.9. The minimum atomic E-state index is 0.115. The summed E-state index contributed by atoms with van der Waals surface area (Å²) in [6, 6.07) is 54.6. The second-order valence-electron chi connectivity index (χ2n) is 15.1. The molecule has 1 saturated carbocycles. The highest BCUT2D eigenvalue weighted by Gasteiger charge is 2.63. The first kappa shape index (κ1) is 30.4. The van der Waals surface area contributed by atoms with Crippen LogP contribution in [0.1, 0.15) is 34.6 Å². The predicted molar refractivity (Wildman–Crippen MR) is 225 cm³/mol. The van der Waals surface area contributed by atoms with Gasteiger partial charge in [-0.3, -0.25) is 0 Å². The second kappa shape index (κ2) is 11.9. The van der Waals surface area contributed by atoms with Gasteiger partial charge in [0.25, 0.3) is 0 Å². The summed E-state index contributed by atoms with van der Waals surface area (Å²) in [4.78, 5) is 0. The molecule has 0 heterocycles. The lowest BCUT2D eigenvalue weighted by molar-refractivity contribution is 0.780. The molecule has 0 aliphatic heterocycles. The SMILES string of the molecule is C1=CC2C3C=CC=C(c4ccc(-c5c6ccccc6c(-c6cccc(-c7ccccc7)c6)c6cc(C7CC=Cc8ccccc87)ccc56)cc4)C23C=C1. The third-order valence-corrected chi connectivity index (χ3v) is 12.5. The summed E-state index contributed by atoms with van der Waals surface area (Å²) >= 11 is 0. The summed E-state index contributed by atoms with van der Waals surface area (Å²) in [6.45, 7) is 0. The molecule has 7 aromatic rings. The summed E-state index contributed by atoms with van der Waals surface area (Å²) in [5.74, 6) is 1.45. The molecule has 0 aromatic heterocycles. The van der Waals surface area contributed by atoms with Gasteiger partial charge in [-0.25, -0.2) is 0 Å². The van der Waals surface area contributed by atoms with E-state index in [1.54, 1.807) is 0 Å². The van der Waals surface area contributed by atoms with Crippen LogP contribution in [0.5, 0.6) is 0 Å². The minimum absolute atomic E-state index is 0.115. The molecule has 0 nitrogen and oxygen atoms in total. The van der Waals surface area contributed by atoms with Gasteiger partial charge < -0.3 is 0 Å². The number of hydrogen-bond donors (Lipinski definition) is 0. The average molecular weight is 675 g/mol. The van der Waals surface area contributed by atoms with Crippen LogP contribution >= 0.6 is 0 Å². The summed E-state index contributed by atoms with van der Waals surface area (Å²) < 4.78 is 0. The highest BCUT2D eigenvalue weighted by Crippen LogP contribution is 2.70. The lowest BCUT2D eigenvalue weighted by Gasteiger charge is -2.24. The van der Waals surface area contributed by atoms with Crippen molar-refractivity contribution in [2.75, 3.05) is 0 Å². The maximum absolute atomic E-state index is 2.51. The smallest absolute Gasteiger partial charge is 0.0279 e. The van der Waals surface area contributed by atoms with Gasteiger partial charge in [-0.15, -0.1) is 0 Å². The van der Waals surface area contributed by atoms with Gasteiger partial charge in [-0.1, -0.05) is 188 Å². The molecule has 0 amide bonds. The Morgan fingerprint density at radius 3 is 2.00 bits per heavy atom. The van der Waals surface area contributed by atoms with E-state index in [0.29, 0.717) is 17.8 Å². The quantitative estimate of drug-likeness (QED) is 0.159. The van der Waals surface area contributed by atoms with Gasteiger partial charge >= 0.3 is 0 Å². The van der Waals surface area contributed by atoms with Crippen LogP contribution in [0.3, 0.4) is 0 Å². The average Bonchev–Trinajstić information content (AvgIpc) is 3.92. The Labute approximate surface area is 311 Å². The third kappa shape index (κ3) is 4.69. The van der Waals surface area contributed by atoms with Crippen molar-refractivity contribution in [2.45, 2.75) is 12.3 Å². The molecule has 1 fully saturated rings. The fraction of sp³-hybridized carbons (Fsp3) is 0.0943. The van der Waals surface area contributed by atoms with Crippen LogP contribution in [0.25, 0.3) is 66.6 Å².